The number of H-pyrrole nitrogens is 1. The van der Waals surface area contributed by atoms with Crippen LogP contribution in [0.3, 0.4) is 0 Å². The molecule has 0 atom stereocenters. The molecule has 1 heterocycles. The number of carbonyl (C=O) groups excluding carboxylic acids is 1. The summed E-state index contributed by atoms with van der Waals surface area (Å²) in [5.41, 5.74) is 8.21. The Morgan fingerprint density at radius 2 is 2.00 bits per heavy atom. The average molecular weight is 362 g/mol. The zero-order valence-electron chi connectivity index (χ0n) is 14.3. The van der Waals surface area contributed by atoms with Crippen LogP contribution in [0.1, 0.15) is 27.2 Å². The Morgan fingerprint density at radius 1 is 1.19 bits per heavy atom. The van der Waals surface area contributed by atoms with Crippen LogP contribution in [0.2, 0.25) is 0 Å². The standard InChI is InChI=1S/C20H18N4OS/c1-26-15-9-6-13(7-10-15)12-21-24-20(25)19-17-11-8-14-4-2-3-5-16(14)18(17)22-23-19/h2-7,9-10,12H,8,11H2,1H3,(H,22,23)(H,24,25)/b21-12+. The number of aromatic amines is 1. The number of amides is 1. The number of aryl methyl sites for hydroxylation is 1. The first kappa shape index (κ1) is 16.6. The molecule has 2 aromatic carbocycles. The lowest BCUT2D eigenvalue weighted by Gasteiger charge is -2.15. The van der Waals surface area contributed by atoms with Gasteiger partial charge in [-0.1, -0.05) is 36.4 Å². The molecule has 1 aromatic heterocycles. The molecule has 0 unspecified atom stereocenters. The van der Waals surface area contributed by atoms with E-state index >= 15 is 0 Å². The summed E-state index contributed by atoms with van der Waals surface area (Å²) >= 11 is 1.69. The molecule has 0 fully saturated rings. The monoisotopic (exact) mass is 362 g/mol. The number of hydrazone groups is 1. The third-order valence-corrected chi connectivity index (χ3v) is 5.25. The number of nitrogens with one attached hydrogen (secondary N) is 2. The van der Waals surface area contributed by atoms with Gasteiger partial charge in [-0.05, 0) is 42.4 Å². The van der Waals surface area contributed by atoms with Gasteiger partial charge in [0.15, 0.2) is 0 Å². The van der Waals surface area contributed by atoms with E-state index in [1.54, 1.807) is 18.0 Å². The molecule has 26 heavy (non-hydrogen) atoms. The van der Waals surface area contributed by atoms with E-state index in [4.69, 9.17) is 0 Å². The Balaban J connectivity index is 1.50. The Bertz CT molecular complexity index is 976. The van der Waals surface area contributed by atoms with Crippen molar-refractivity contribution in [1.82, 2.24) is 15.6 Å². The van der Waals surface area contributed by atoms with E-state index in [-0.39, 0.29) is 5.91 Å². The number of fused-ring (bicyclic) bond motifs is 3. The summed E-state index contributed by atoms with van der Waals surface area (Å²) in [4.78, 5) is 13.7. The Morgan fingerprint density at radius 3 is 2.81 bits per heavy atom. The normalized spacial score (nSPS) is 12.7. The van der Waals surface area contributed by atoms with Gasteiger partial charge >= 0.3 is 0 Å². The molecule has 1 aliphatic rings. The van der Waals surface area contributed by atoms with Gasteiger partial charge in [0.1, 0.15) is 5.69 Å². The van der Waals surface area contributed by atoms with E-state index in [9.17, 15) is 4.79 Å². The highest BCUT2D eigenvalue weighted by molar-refractivity contribution is 7.98. The molecule has 3 aromatic rings. The summed E-state index contributed by atoms with van der Waals surface area (Å²) in [6, 6.07) is 16.2. The number of hydrogen-bond acceptors (Lipinski definition) is 4. The van der Waals surface area contributed by atoms with Crippen LogP contribution in [0.4, 0.5) is 0 Å². The Labute approximate surface area is 155 Å². The van der Waals surface area contributed by atoms with Crippen LogP contribution in [0.25, 0.3) is 11.3 Å². The molecule has 0 radical (unpaired) electrons. The van der Waals surface area contributed by atoms with Crippen LogP contribution in [0.5, 0.6) is 0 Å². The first-order chi connectivity index (χ1) is 12.8. The summed E-state index contributed by atoms with van der Waals surface area (Å²) in [6.45, 7) is 0. The fourth-order valence-corrected chi connectivity index (χ4v) is 3.57. The first-order valence-electron chi connectivity index (χ1n) is 8.39. The zero-order chi connectivity index (χ0) is 17.9. The smallest absolute Gasteiger partial charge is 0.272 e. The summed E-state index contributed by atoms with van der Waals surface area (Å²) in [7, 11) is 0. The predicted octanol–water partition coefficient (Wildman–Crippen LogP) is 3.66. The second kappa shape index (κ2) is 7.17. The van der Waals surface area contributed by atoms with Gasteiger partial charge in [0, 0.05) is 16.0 Å². The predicted molar refractivity (Wildman–Crippen MR) is 105 cm³/mol. The second-order valence-corrected chi connectivity index (χ2v) is 6.93. The van der Waals surface area contributed by atoms with Crippen molar-refractivity contribution in [1.29, 1.82) is 0 Å². The lowest BCUT2D eigenvalue weighted by atomic mass is 9.89. The molecule has 2 N–H and O–H groups in total. The highest BCUT2D eigenvalue weighted by Gasteiger charge is 2.24. The molecule has 1 aliphatic carbocycles. The molecule has 1 amide bonds. The van der Waals surface area contributed by atoms with E-state index in [1.165, 1.54) is 10.5 Å². The molecule has 0 bridgehead atoms. The Hall–Kier alpha value is -2.86. The van der Waals surface area contributed by atoms with Gasteiger partial charge in [-0.15, -0.1) is 11.8 Å². The third-order valence-electron chi connectivity index (χ3n) is 4.51. The number of benzene rings is 2. The topological polar surface area (TPSA) is 70.1 Å². The van der Waals surface area contributed by atoms with Gasteiger partial charge in [-0.2, -0.15) is 10.2 Å². The molecule has 0 aliphatic heterocycles. The number of aromatic nitrogens is 2. The summed E-state index contributed by atoms with van der Waals surface area (Å²) in [5.74, 6) is -0.268. The molecule has 5 nitrogen and oxygen atoms in total. The highest BCUT2D eigenvalue weighted by atomic mass is 32.2. The van der Waals surface area contributed by atoms with Crippen molar-refractivity contribution >= 4 is 23.9 Å². The summed E-state index contributed by atoms with van der Waals surface area (Å²) in [5, 5.41) is 11.3. The molecule has 0 saturated heterocycles. The minimum atomic E-state index is -0.268. The summed E-state index contributed by atoms with van der Waals surface area (Å²) < 4.78 is 0. The van der Waals surface area contributed by atoms with Crippen LogP contribution in [-0.2, 0) is 12.8 Å². The van der Waals surface area contributed by atoms with Crippen LogP contribution >= 0.6 is 11.8 Å². The lowest BCUT2D eigenvalue weighted by molar-refractivity contribution is 0.0949. The van der Waals surface area contributed by atoms with Crippen LogP contribution in [0, 0.1) is 0 Å². The quantitative estimate of drug-likeness (QED) is 0.423. The van der Waals surface area contributed by atoms with E-state index in [0.717, 1.165) is 35.2 Å². The maximum absolute atomic E-state index is 12.5. The SMILES string of the molecule is CSc1ccc(/C=N/NC(=O)c2[nH]nc3c2CCc2ccccc2-3)cc1. The molecule has 0 saturated carbocycles. The van der Waals surface area contributed by atoms with E-state index < -0.39 is 0 Å². The molecule has 4 rings (SSSR count). The van der Waals surface area contributed by atoms with Crippen LogP contribution in [0.15, 0.2) is 58.5 Å². The van der Waals surface area contributed by atoms with Gasteiger partial charge in [0.2, 0.25) is 0 Å². The van der Waals surface area contributed by atoms with E-state index in [0.29, 0.717) is 5.69 Å². The minimum Gasteiger partial charge on any atom is -0.272 e. The van der Waals surface area contributed by atoms with Gasteiger partial charge in [0.25, 0.3) is 5.91 Å². The van der Waals surface area contributed by atoms with Crippen molar-refractivity contribution in [2.45, 2.75) is 17.7 Å². The van der Waals surface area contributed by atoms with Crippen molar-refractivity contribution in [3.63, 3.8) is 0 Å². The van der Waals surface area contributed by atoms with Gasteiger partial charge < -0.3 is 0 Å². The highest BCUT2D eigenvalue weighted by Crippen LogP contribution is 2.33. The zero-order valence-corrected chi connectivity index (χ0v) is 15.1. The van der Waals surface area contributed by atoms with Gasteiger partial charge in [-0.3, -0.25) is 9.89 Å². The fourth-order valence-electron chi connectivity index (χ4n) is 3.16. The van der Waals surface area contributed by atoms with Gasteiger partial charge in [0.05, 0.1) is 11.9 Å². The van der Waals surface area contributed by atoms with Crippen molar-refractivity contribution in [2.75, 3.05) is 6.26 Å². The van der Waals surface area contributed by atoms with Crippen molar-refractivity contribution in [3.8, 4) is 11.3 Å². The maximum atomic E-state index is 12.5. The number of thioether (sulfide) groups is 1. The lowest BCUT2D eigenvalue weighted by Crippen LogP contribution is -2.20. The number of hydrogen-bond donors (Lipinski definition) is 2. The van der Waals surface area contributed by atoms with E-state index in [1.807, 2.05) is 48.7 Å². The maximum Gasteiger partial charge on any atom is 0.289 e. The van der Waals surface area contributed by atoms with Crippen molar-refractivity contribution in [2.24, 2.45) is 5.10 Å². The van der Waals surface area contributed by atoms with E-state index in [2.05, 4.69) is 26.8 Å². The fraction of sp³-hybridized carbons (Fsp3) is 0.150. The second-order valence-electron chi connectivity index (χ2n) is 6.06. The third kappa shape index (κ3) is 3.15. The summed E-state index contributed by atoms with van der Waals surface area (Å²) in [6.07, 6.45) is 5.38. The number of nitrogens with zero attached hydrogens (tertiary/aromatic N) is 2. The molecular weight excluding hydrogens is 344 g/mol. The minimum absolute atomic E-state index is 0.268. The molecule has 6 heteroatoms. The number of rotatable bonds is 4. The van der Waals surface area contributed by atoms with Crippen molar-refractivity contribution < 1.29 is 4.79 Å². The van der Waals surface area contributed by atoms with Crippen LogP contribution < -0.4 is 5.43 Å². The largest absolute Gasteiger partial charge is 0.289 e. The average Bonchev–Trinajstić information content (AvgIpc) is 3.13. The molecule has 130 valence electrons. The molecular formula is C20H18N4OS. The number of carbonyl (C=O) groups is 1. The first-order valence-corrected chi connectivity index (χ1v) is 9.61. The van der Waals surface area contributed by atoms with Crippen LogP contribution in [-0.4, -0.2) is 28.6 Å². The Kier molecular flexibility index (Phi) is 4.58. The van der Waals surface area contributed by atoms with Gasteiger partial charge in [-0.25, -0.2) is 5.43 Å². The molecule has 0 spiro atoms. The van der Waals surface area contributed by atoms with Crippen molar-refractivity contribution in [3.05, 3.63) is 70.9 Å².